The van der Waals surface area contributed by atoms with Crippen LogP contribution < -0.4 is 0 Å². The van der Waals surface area contributed by atoms with Gasteiger partial charge in [-0.25, -0.2) is 0 Å². The Balaban J connectivity index is 1.94. The Kier molecular flexibility index (Phi) is 5.22. The van der Waals surface area contributed by atoms with Gasteiger partial charge in [0.05, 0.1) is 6.42 Å². The van der Waals surface area contributed by atoms with Gasteiger partial charge < -0.3 is 4.74 Å². The van der Waals surface area contributed by atoms with Crippen molar-refractivity contribution in [3.63, 3.8) is 0 Å². The lowest BCUT2D eigenvalue weighted by Crippen LogP contribution is -2.36. The topological polar surface area (TPSA) is 26.3 Å². The summed E-state index contributed by atoms with van der Waals surface area (Å²) < 4.78 is 5.80. The van der Waals surface area contributed by atoms with Crippen molar-refractivity contribution in [3.05, 3.63) is 35.9 Å². The van der Waals surface area contributed by atoms with Crippen molar-refractivity contribution in [2.75, 3.05) is 0 Å². The molecule has 1 aliphatic carbocycles. The number of esters is 1. The number of hydrogen-bond acceptors (Lipinski definition) is 2. The molecule has 2 heteroatoms. The predicted octanol–water partition coefficient (Wildman–Crippen LogP) is 4.23. The lowest BCUT2D eigenvalue weighted by atomic mass is 9.75. The molecule has 3 atom stereocenters. The molecule has 2 nitrogen and oxygen atoms in total. The minimum absolute atomic E-state index is 0.0825. The average Bonchev–Trinajstić information content (AvgIpc) is 2.39. The van der Waals surface area contributed by atoms with E-state index in [0.717, 1.165) is 12.0 Å². The third kappa shape index (κ3) is 4.09. The molecule has 0 radical (unpaired) electrons. The first kappa shape index (κ1) is 15.1. The number of benzene rings is 1. The summed E-state index contributed by atoms with van der Waals surface area (Å²) in [5.41, 5.74) is 1.03. The van der Waals surface area contributed by atoms with Gasteiger partial charge in [-0.3, -0.25) is 4.79 Å². The molecule has 0 saturated heterocycles. The van der Waals surface area contributed by atoms with Gasteiger partial charge in [0.2, 0.25) is 0 Å². The Hall–Kier alpha value is -1.31. The second-order valence-corrected chi connectivity index (χ2v) is 6.52. The van der Waals surface area contributed by atoms with Gasteiger partial charge in [0.1, 0.15) is 6.10 Å². The third-order valence-electron chi connectivity index (χ3n) is 4.44. The van der Waals surface area contributed by atoms with Gasteiger partial charge in [0.15, 0.2) is 0 Å². The van der Waals surface area contributed by atoms with Crippen LogP contribution in [0.5, 0.6) is 0 Å². The van der Waals surface area contributed by atoms with Crippen LogP contribution in [0.25, 0.3) is 0 Å². The van der Waals surface area contributed by atoms with Crippen molar-refractivity contribution in [1.82, 2.24) is 0 Å². The van der Waals surface area contributed by atoms with E-state index in [9.17, 15) is 4.79 Å². The molecule has 0 N–H and O–H groups in total. The molecule has 1 aromatic carbocycles. The summed E-state index contributed by atoms with van der Waals surface area (Å²) in [4.78, 5) is 12.1. The molecule has 2 unspecified atom stereocenters. The Morgan fingerprint density at radius 3 is 2.60 bits per heavy atom. The SMILES string of the molecule is CC(C)C1CC[C@@H](C)CC1OC(=O)Cc1ccccc1. The largest absolute Gasteiger partial charge is 0.462 e. The number of carbonyl (C=O) groups is 1. The van der Waals surface area contributed by atoms with E-state index in [-0.39, 0.29) is 12.1 Å². The molecule has 0 amide bonds. The molecule has 2 rings (SSSR count). The van der Waals surface area contributed by atoms with Gasteiger partial charge in [0.25, 0.3) is 0 Å². The lowest BCUT2D eigenvalue weighted by Gasteiger charge is -2.36. The second kappa shape index (κ2) is 6.92. The predicted molar refractivity (Wildman–Crippen MR) is 81.4 cm³/mol. The summed E-state index contributed by atoms with van der Waals surface area (Å²) in [6.07, 6.45) is 3.95. The zero-order valence-electron chi connectivity index (χ0n) is 12.8. The van der Waals surface area contributed by atoms with Gasteiger partial charge in [-0.15, -0.1) is 0 Å². The second-order valence-electron chi connectivity index (χ2n) is 6.52. The van der Waals surface area contributed by atoms with E-state index in [1.165, 1.54) is 12.8 Å². The minimum atomic E-state index is -0.0825. The molecule has 0 heterocycles. The van der Waals surface area contributed by atoms with Crippen LogP contribution in [-0.4, -0.2) is 12.1 Å². The van der Waals surface area contributed by atoms with Gasteiger partial charge in [-0.2, -0.15) is 0 Å². The first-order valence-electron chi connectivity index (χ1n) is 7.79. The van der Waals surface area contributed by atoms with Crippen LogP contribution in [-0.2, 0) is 16.0 Å². The first-order chi connectivity index (χ1) is 9.56. The molecule has 110 valence electrons. The Labute approximate surface area is 122 Å². The quantitative estimate of drug-likeness (QED) is 0.768. The van der Waals surface area contributed by atoms with Gasteiger partial charge in [-0.05, 0) is 36.2 Å². The minimum Gasteiger partial charge on any atom is -0.462 e. The maximum atomic E-state index is 12.1. The summed E-state index contributed by atoms with van der Waals surface area (Å²) in [5.74, 6) is 1.68. The van der Waals surface area contributed by atoms with Crippen LogP contribution in [0.4, 0.5) is 0 Å². The molecule has 1 aromatic rings. The summed E-state index contributed by atoms with van der Waals surface area (Å²) in [5, 5.41) is 0. The normalized spacial score (nSPS) is 26.5. The van der Waals surface area contributed by atoms with Crippen LogP contribution in [0.3, 0.4) is 0 Å². The highest BCUT2D eigenvalue weighted by molar-refractivity contribution is 5.72. The number of hydrogen-bond donors (Lipinski definition) is 0. The van der Waals surface area contributed by atoms with E-state index in [4.69, 9.17) is 4.74 Å². The highest BCUT2D eigenvalue weighted by Gasteiger charge is 2.33. The maximum absolute atomic E-state index is 12.1. The zero-order valence-corrected chi connectivity index (χ0v) is 12.8. The molecular weight excluding hydrogens is 248 g/mol. The fourth-order valence-corrected chi connectivity index (χ4v) is 3.22. The monoisotopic (exact) mass is 274 g/mol. The number of carbonyl (C=O) groups excluding carboxylic acids is 1. The van der Waals surface area contributed by atoms with Gasteiger partial charge in [-0.1, -0.05) is 57.5 Å². The number of ether oxygens (including phenoxy) is 1. The smallest absolute Gasteiger partial charge is 0.310 e. The molecular formula is C18H26O2. The van der Waals surface area contributed by atoms with E-state index in [1.54, 1.807) is 0 Å². The van der Waals surface area contributed by atoms with Crippen LogP contribution in [0, 0.1) is 17.8 Å². The van der Waals surface area contributed by atoms with Crippen molar-refractivity contribution in [3.8, 4) is 0 Å². The van der Waals surface area contributed by atoms with Crippen molar-refractivity contribution in [2.45, 2.75) is 52.6 Å². The maximum Gasteiger partial charge on any atom is 0.310 e. The van der Waals surface area contributed by atoms with E-state index in [0.29, 0.717) is 24.2 Å². The Morgan fingerprint density at radius 2 is 1.95 bits per heavy atom. The van der Waals surface area contributed by atoms with Crippen LogP contribution in [0.2, 0.25) is 0 Å². The molecule has 1 fully saturated rings. The van der Waals surface area contributed by atoms with E-state index in [1.807, 2.05) is 30.3 Å². The summed E-state index contributed by atoms with van der Waals surface area (Å²) in [6, 6.07) is 9.84. The van der Waals surface area contributed by atoms with Gasteiger partial charge >= 0.3 is 5.97 Å². The van der Waals surface area contributed by atoms with Crippen molar-refractivity contribution >= 4 is 5.97 Å². The molecule has 1 aliphatic rings. The Morgan fingerprint density at radius 1 is 1.25 bits per heavy atom. The fourth-order valence-electron chi connectivity index (χ4n) is 3.22. The molecule has 0 aliphatic heterocycles. The van der Waals surface area contributed by atoms with E-state index >= 15 is 0 Å². The highest BCUT2D eigenvalue weighted by Crippen LogP contribution is 2.35. The van der Waals surface area contributed by atoms with Crippen LogP contribution >= 0.6 is 0 Å². The highest BCUT2D eigenvalue weighted by atomic mass is 16.5. The van der Waals surface area contributed by atoms with E-state index in [2.05, 4.69) is 20.8 Å². The summed E-state index contributed by atoms with van der Waals surface area (Å²) >= 11 is 0. The molecule has 0 bridgehead atoms. The third-order valence-corrected chi connectivity index (χ3v) is 4.44. The number of rotatable bonds is 4. The zero-order chi connectivity index (χ0) is 14.5. The van der Waals surface area contributed by atoms with Gasteiger partial charge in [0, 0.05) is 0 Å². The molecule has 0 aromatic heterocycles. The van der Waals surface area contributed by atoms with Crippen LogP contribution in [0.1, 0.15) is 45.6 Å². The van der Waals surface area contributed by atoms with Crippen molar-refractivity contribution in [1.29, 1.82) is 0 Å². The lowest BCUT2D eigenvalue weighted by molar-refractivity contribution is -0.155. The van der Waals surface area contributed by atoms with E-state index < -0.39 is 0 Å². The summed E-state index contributed by atoms with van der Waals surface area (Å²) in [6.45, 7) is 6.73. The van der Waals surface area contributed by atoms with Crippen molar-refractivity contribution < 1.29 is 9.53 Å². The standard InChI is InChI=1S/C18H26O2/c1-13(2)16-10-9-14(3)11-17(16)20-18(19)12-15-7-5-4-6-8-15/h4-8,13-14,16-17H,9-12H2,1-3H3/t14-,16?,17?/m1/s1. The molecule has 0 spiro atoms. The van der Waals surface area contributed by atoms with Crippen LogP contribution in [0.15, 0.2) is 30.3 Å². The molecule has 20 heavy (non-hydrogen) atoms. The Bertz CT molecular complexity index is 424. The fraction of sp³-hybridized carbons (Fsp3) is 0.611. The molecule has 1 saturated carbocycles. The first-order valence-corrected chi connectivity index (χ1v) is 7.79. The van der Waals surface area contributed by atoms with Crippen molar-refractivity contribution in [2.24, 2.45) is 17.8 Å². The summed E-state index contributed by atoms with van der Waals surface area (Å²) in [7, 11) is 0. The average molecular weight is 274 g/mol.